The van der Waals surface area contributed by atoms with Crippen LogP contribution in [0.1, 0.15) is 26.2 Å². The highest BCUT2D eigenvalue weighted by Crippen LogP contribution is 1.89. The maximum absolute atomic E-state index is 10.9. The minimum Gasteiger partial charge on any atom is -0.465 e. The molecule has 0 rings (SSSR count). The largest absolute Gasteiger partial charge is 0.465 e. The molecule has 0 aromatic rings. The average molecular weight is 197 g/mol. The summed E-state index contributed by atoms with van der Waals surface area (Å²) in [5.74, 6) is 5.52. The van der Waals surface area contributed by atoms with Crippen LogP contribution in [0.5, 0.6) is 0 Å². The fourth-order valence-corrected chi connectivity index (χ4v) is 0.919. The summed E-state index contributed by atoms with van der Waals surface area (Å²) in [6, 6.07) is 0. The molecule has 0 aliphatic heterocycles. The zero-order valence-electron chi connectivity index (χ0n) is 9.30. The van der Waals surface area contributed by atoms with Gasteiger partial charge < -0.3 is 9.64 Å². The maximum atomic E-state index is 10.9. The van der Waals surface area contributed by atoms with Gasteiger partial charge in [-0.2, -0.15) is 0 Å². The third-order valence-corrected chi connectivity index (χ3v) is 1.57. The van der Waals surface area contributed by atoms with Crippen molar-refractivity contribution < 1.29 is 9.53 Å². The van der Waals surface area contributed by atoms with Gasteiger partial charge in [-0.05, 0) is 34.0 Å². The molecule has 3 nitrogen and oxygen atoms in total. The molecule has 0 radical (unpaired) electrons. The Morgan fingerprint density at radius 1 is 1.36 bits per heavy atom. The van der Waals surface area contributed by atoms with Crippen LogP contribution in [-0.4, -0.2) is 38.1 Å². The highest BCUT2D eigenvalue weighted by molar-refractivity contribution is 5.72. The van der Waals surface area contributed by atoms with Gasteiger partial charge in [0.05, 0.1) is 6.61 Å². The average Bonchev–Trinajstić information content (AvgIpc) is 2.11. The van der Waals surface area contributed by atoms with E-state index in [-0.39, 0.29) is 12.4 Å². The number of hydrogen-bond acceptors (Lipinski definition) is 3. The van der Waals surface area contributed by atoms with Gasteiger partial charge in [0.15, 0.2) is 0 Å². The maximum Gasteiger partial charge on any atom is 0.317 e. The Kier molecular flexibility index (Phi) is 7.96. The van der Waals surface area contributed by atoms with Crippen LogP contribution in [0.2, 0.25) is 0 Å². The van der Waals surface area contributed by atoms with Crippen LogP contribution in [-0.2, 0) is 9.53 Å². The number of carbonyl (C=O) groups is 1. The van der Waals surface area contributed by atoms with Crippen molar-refractivity contribution in [3.05, 3.63) is 0 Å². The second-order valence-electron chi connectivity index (χ2n) is 3.24. The first-order valence-electron chi connectivity index (χ1n) is 4.93. The summed E-state index contributed by atoms with van der Waals surface area (Å²) in [4.78, 5) is 13.0. The molecular formula is C11H19NO2. The minimum absolute atomic E-state index is 0.218. The molecular weight excluding hydrogens is 178 g/mol. The van der Waals surface area contributed by atoms with Crippen molar-refractivity contribution in [2.24, 2.45) is 0 Å². The van der Waals surface area contributed by atoms with Crippen LogP contribution < -0.4 is 0 Å². The van der Waals surface area contributed by atoms with E-state index in [9.17, 15) is 4.79 Å². The smallest absolute Gasteiger partial charge is 0.317 e. The van der Waals surface area contributed by atoms with Gasteiger partial charge >= 0.3 is 5.97 Å². The second-order valence-corrected chi connectivity index (χ2v) is 3.24. The third kappa shape index (κ3) is 9.08. The van der Waals surface area contributed by atoms with Crippen LogP contribution in [0.25, 0.3) is 0 Å². The van der Waals surface area contributed by atoms with Gasteiger partial charge in [-0.3, -0.25) is 4.79 Å². The van der Waals surface area contributed by atoms with Crippen molar-refractivity contribution in [1.29, 1.82) is 0 Å². The molecule has 0 spiro atoms. The second kappa shape index (κ2) is 8.58. The summed E-state index contributed by atoms with van der Waals surface area (Å²) in [6.45, 7) is 3.26. The molecule has 0 fully saturated rings. The highest BCUT2D eigenvalue weighted by atomic mass is 16.5. The Balaban J connectivity index is 3.39. The van der Waals surface area contributed by atoms with Crippen LogP contribution >= 0.6 is 0 Å². The van der Waals surface area contributed by atoms with Gasteiger partial charge in [0.2, 0.25) is 0 Å². The molecule has 0 aromatic carbocycles. The van der Waals surface area contributed by atoms with Crippen molar-refractivity contribution in [2.45, 2.75) is 26.2 Å². The molecule has 0 bridgehead atoms. The van der Waals surface area contributed by atoms with Crippen molar-refractivity contribution in [3.63, 3.8) is 0 Å². The Hall–Kier alpha value is -1.01. The molecule has 0 atom stereocenters. The van der Waals surface area contributed by atoms with Crippen LogP contribution in [0.3, 0.4) is 0 Å². The zero-order chi connectivity index (χ0) is 10.8. The van der Waals surface area contributed by atoms with E-state index >= 15 is 0 Å². The molecule has 0 N–H and O–H groups in total. The molecule has 3 heteroatoms. The summed E-state index contributed by atoms with van der Waals surface area (Å²) in [5, 5.41) is 0. The molecule has 80 valence electrons. The number of ether oxygens (including phenoxy) is 1. The summed E-state index contributed by atoms with van der Waals surface area (Å²) in [7, 11) is 4.07. The quantitative estimate of drug-likeness (QED) is 0.378. The first-order valence-corrected chi connectivity index (χ1v) is 4.93. The van der Waals surface area contributed by atoms with Gasteiger partial charge in [-0.15, -0.1) is 5.92 Å². The van der Waals surface area contributed by atoms with Crippen LogP contribution in [0, 0.1) is 11.8 Å². The summed E-state index contributed by atoms with van der Waals surface area (Å²) < 4.78 is 4.74. The molecule has 0 heterocycles. The SMILES string of the molecule is CCOC(=O)CC#CCCCN(C)C. The predicted molar refractivity (Wildman–Crippen MR) is 56.8 cm³/mol. The number of unbranched alkanes of at least 4 members (excludes halogenated alkanes) is 1. The Labute approximate surface area is 86.4 Å². The van der Waals surface area contributed by atoms with Gasteiger partial charge in [0.25, 0.3) is 0 Å². The third-order valence-electron chi connectivity index (χ3n) is 1.57. The lowest BCUT2D eigenvalue weighted by atomic mass is 10.3. The first-order chi connectivity index (χ1) is 6.66. The Bertz CT molecular complexity index is 213. The summed E-state index contributed by atoms with van der Waals surface area (Å²) in [5.41, 5.74) is 0. The van der Waals surface area contributed by atoms with Gasteiger partial charge in [-0.1, -0.05) is 5.92 Å². The fraction of sp³-hybridized carbons (Fsp3) is 0.727. The lowest BCUT2D eigenvalue weighted by Crippen LogP contribution is -2.12. The Morgan fingerprint density at radius 3 is 2.64 bits per heavy atom. The highest BCUT2D eigenvalue weighted by Gasteiger charge is 1.95. The zero-order valence-corrected chi connectivity index (χ0v) is 9.30. The normalized spacial score (nSPS) is 9.43. The summed E-state index contributed by atoms with van der Waals surface area (Å²) in [6.07, 6.45) is 2.11. The van der Waals surface area contributed by atoms with E-state index in [1.165, 1.54) is 0 Å². The molecule has 0 aromatic heterocycles. The minimum atomic E-state index is -0.229. The molecule has 0 aliphatic rings. The number of esters is 1. The standard InChI is InChI=1S/C11H19NO2/c1-4-14-11(13)9-7-5-6-8-10-12(2)3/h4,6,8-10H2,1-3H3. The molecule has 0 amide bonds. The van der Waals surface area contributed by atoms with Crippen molar-refractivity contribution in [1.82, 2.24) is 4.90 Å². The number of carbonyl (C=O) groups excluding carboxylic acids is 1. The van der Waals surface area contributed by atoms with E-state index in [2.05, 4.69) is 16.7 Å². The molecule has 14 heavy (non-hydrogen) atoms. The van der Waals surface area contributed by atoms with E-state index in [4.69, 9.17) is 4.74 Å². The van der Waals surface area contributed by atoms with E-state index in [0.717, 1.165) is 19.4 Å². The van der Waals surface area contributed by atoms with Crippen molar-refractivity contribution in [3.8, 4) is 11.8 Å². The van der Waals surface area contributed by atoms with Crippen LogP contribution in [0.4, 0.5) is 0 Å². The number of nitrogens with zero attached hydrogens (tertiary/aromatic N) is 1. The van der Waals surface area contributed by atoms with E-state index in [1.807, 2.05) is 14.1 Å². The monoisotopic (exact) mass is 197 g/mol. The molecule has 0 saturated carbocycles. The van der Waals surface area contributed by atoms with E-state index in [1.54, 1.807) is 6.92 Å². The molecule has 0 aliphatic carbocycles. The van der Waals surface area contributed by atoms with Gasteiger partial charge in [0.1, 0.15) is 6.42 Å². The van der Waals surface area contributed by atoms with Crippen LogP contribution in [0.15, 0.2) is 0 Å². The topological polar surface area (TPSA) is 29.5 Å². The predicted octanol–water partition coefficient (Wildman–Crippen LogP) is 1.28. The van der Waals surface area contributed by atoms with E-state index in [0.29, 0.717) is 6.61 Å². The Morgan fingerprint density at radius 2 is 2.07 bits per heavy atom. The first kappa shape index (κ1) is 13.0. The van der Waals surface area contributed by atoms with Gasteiger partial charge in [-0.25, -0.2) is 0 Å². The van der Waals surface area contributed by atoms with Gasteiger partial charge in [0, 0.05) is 6.42 Å². The molecule has 0 unspecified atom stereocenters. The van der Waals surface area contributed by atoms with Crippen molar-refractivity contribution >= 4 is 5.97 Å². The van der Waals surface area contributed by atoms with E-state index < -0.39 is 0 Å². The fourth-order valence-electron chi connectivity index (χ4n) is 0.919. The number of hydrogen-bond donors (Lipinski definition) is 0. The van der Waals surface area contributed by atoms with Crippen molar-refractivity contribution in [2.75, 3.05) is 27.2 Å². The lowest BCUT2D eigenvalue weighted by Gasteiger charge is -2.05. The molecule has 0 saturated heterocycles. The number of rotatable bonds is 5. The lowest BCUT2D eigenvalue weighted by molar-refractivity contribution is -0.141. The summed E-state index contributed by atoms with van der Waals surface area (Å²) >= 11 is 0.